The number of non-ortho nitro benzene ring substituents is 1. The molecule has 0 aromatic heterocycles. The number of nitro benzene ring substituents is 1. The van der Waals surface area contributed by atoms with E-state index in [4.69, 9.17) is 4.74 Å². The number of nitro groups is 1. The lowest BCUT2D eigenvalue weighted by atomic mass is 10.2. The standard InChI is InChI=1S/C21H18N5O3.BrH/c1-29-20-13-11-18(12-14-20)25-15-24(17-5-3-2-4-6-17)22-21(23-25)16-7-9-19(10-8-16)26(27)28;/h2-14H,15H2,1H3;1H/q+1;/p-1. The summed E-state index contributed by atoms with van der Waals surface area (Å²) in [6.45, 7) is 0.423. The molecule has 1 heterocycles. The summed E-state index contributed by atoms with van der Waals surface area (Å²) in [5.41, 5.74) is 2.51. The summed E-state index contributed by atoms with van der Waals surface area (Å²) in [6, 6.07) is 23.6. The van der Waals surface area contributed by atoms with Gasteiger partial charge >= 0.3 is 0 Å². The summed E-state index contributed by atoms with van der Waals surface area (Å²) < 4.78 is 7.06. The van der Waals surface area contributed by atoms with Crippen molar-refractivity contribution >= 4 is 22.9 Å². The minimum absolute atomic E-state index is 0. The molecule has 0 spiro atoms. The topological polar surface area (TPSA) is 83.3 Å². The fourth-order valence-corrected chi connectivity index (χ4v) is 2.92. The van der Waals surface area contributed by atoms with Crippen molar-refractivity contribution in [3.8, 4) is 5.75 Å². The third kappa shape index (κ3) is 4.52. The molecule has 0 N–H and O–H groups in total. The van der Waals surface area contributed by atoms with Crippen molar-refractivity contribution in [3.63, 3.8) is 0 Å². The average molecular weight is 468 g/mol. The van der Waals surface area contributed by atoms with E-state index in [0.717, 1.165) is 17.1 Å². The maximum atomic E-state index is 10.9. The largest absolute Gasteiger partial charge is 1.00 e. The number of hydrogen-bond acceptors (Lipinski definition) is 6. The van der Waals surface area contributed by atoms with Crippen LogP contribution in [0.3, 0.4) is 0 Å². The Hall–Kier alpha value is -3.59. The number of hydrogen-bond donors (Lipinski definition) is 0. The van der Waals surface area contributed by atoms with E-state index < -0.39 is 4.92 Å². The van der Waals surface area contributed by atoms with E-state index in [2.05, 4.69) is 10.2 Å². The number of amidine groups is 1. The Labute approximate surface area is 183 Å². The Morgan fingerprint density at radius 3 is 2.27 bits per heavy atom. The van der Waals surface area contributed by atoms with Crippen LogP contribution in [0.4, 0.5) is 17.1 Å². The quantitative estimate of drug-likeness (QED) is 0.323. The van der Waals surface area contributed by atoms with Gasteiger partial charge in [-0.3, -0.25) is 10.1 Å². The second-order valence-electron chi connectivity index (χ2n) is 6.30. The molecule has 4 rings (SSSR count). The van der Waals surface area contributed by atoms with Crippen LogP contribution in [0.1, 0.15) is 5.56 Å². The van der Waals surface area contributed by atoms with Crippen molar-refractivity contribution < 1.29 is 31.3 Å². The van der Waals surface area contributed by atoms with Gasteiger partial charge in [0.25, 0.3) is 12.4 Å². The molecular formula is C21H18BrN5O3. The summed E-state index contributed by atoms with van der Waals surface area (Å²) in [5, 5.41) is 22.1. The molecule has 0 unspecified atom stereocenters. The zero-order valence-electron chi connectivity index (χ0n) is 16.1. The molecule has 0 radical (unpaired) electrons. The molecule has 1 aliphatic heterocycles. The summed E-state index contributed by atoms with van der Waals surface area (Å²) in [4.78, 5) is 10.5. The van der Waals surface area contributed by atoms with Crippen molar-refractivity contribution in [1.82, 2.24) is 0 Å². The van der Waals surface area contributed by atoms with Gasteiger partial charge in [-0.25, -0.2) is 5.01 Å². The molecule has 0 saturated heterocycles. The summed E-state index contributed by atoms with van der Waals surface area (Å²) in [7, 11) is 1.62. The highest BCUT2D eigenvalue weighted by Gasteiger charge is 2.26. The van der Waals surface area contributed by atoms with E-state index in [9.17, 15) is 10.1 Å². The number of hydrazone groups is 1. The van der Waals surface area contributed by atoms with Crippen LogP contribution in [0.2, 0.25) is 0 Å². The molecule has 8 nitrogen and oxygen atoms in total. The van der Waals surface area contributed by atoms with Crippen LogP contribution < -0.4 is 26.7 Å². The Morgan fingerprint density at radius 1 is 1.00 bits per heavy atom. The first-order valence-corrected chi connectivity index (χ1v) is 8.93. The number of benzene rings is 3. The molecule has 0 atom stereocenters. The fourth-order valence-electron chi connectivity index (χ4n) is 2.92. The van der Waals surface area contributed by atoms with Gasteiger partial charge in [0.15, 0.2) is 0 Å². The molecule has 0 amide bonds. The van der Waals surface area contributed by atoms with E-state index in [1.807, 2.05) is 64.3 Å². The molecule has 0 bridgehead atoms. The molecule has 152 valence electrons. The number of anilines is 1. The normalized spacial score (nSPS) is 13.0. The molecular weight excluding hydrogens is 450 g/mol. The molecule has 3 aromatic carbocycles. The average Bonchev–Trinajstić information content (AvgIpc) is 2.79. The third-order valence-corrected chi connectivity index (χ3v) is 4.46. The van der Waals surface area contributed by atoms with E-state index >= 15 is 0 Å². The SMILES string of the molecule is COc1ccc([N+]2=NC(c3ccc([N+](=O)[O-])cc3)=NN(c3ccccc3)C2)cc1.[Br-]. The van der Waals surface area contributed by atoms with Gasteiger partial charge in [0.1, 0.15) is 5.75 Å². The third-order valence-electron chi connectivity index (χ3n) is 4.46. The maximum Gasteiger partial charge on any atom is 0.269 e. The monoisotopic (exact) mass is 467 g/mol. The van der Waals surface area contributed by atoms with Crippen LogP contribution in [-0.4, -0.2) is 29.2 Å². The second-order valence-corrected chi connectivity index (χ2v) is 6.30. The summed E-state index contributed by atoms with van der Waals surface area (Å²) in [6.07, 6.45) is 0. The van der Waals surface area contributed by atoms with Crippen LogP contribution in [0.15, 0.2) is 89.1 Å². The highest BCUT2D eigenvalue weighted by atomic mass is 79.9. The molecule has 30 heavy (non-hydrogen) atoms. The summed E-state index contributed by atoms with van der Waals surface area (Å²) in [5.74, 6) is 1.22. The fraction of sp³-hybridized carbons (Fsp3) is 0.0952. The first kappa shape index (κ1) is 21.1. The molecule has 0 saturated carbocycles. The Balaban J connectivity index is 0.00000256. The molecule has 3 aromatic rings. The zero-order valence-corrected chi connectivity index (χ0v) is 17.6. The lowest BCUT2D eigenvalue weighted by Crippen LogP contribution is -3.00. The number of para-hydroxylation sites is 1. The van der Waals surface area contributed by atoms with Crippen molar-refractivity contribution in [1.29, 1.82) is 0 Å². The number of nitrogens with zero attached hydrogens (tertiary/aromatic N) is 5. The van der Waals surface area contributed by atoms with Crippen molar-refractivity contribution in [2.75, 3.05) is 18.8 Å². The van der Waals surface area contributed by atoms with Crippen LogP contribution in [0.25, 0.3) is 0 Å². The predicted molar refractivity (Wildman–Crippen MR) is 109 cm³/mol. The summed E-state index contributed by atoms with van der Waals surface area (Å²) >= 11 is 0. The lowest BCUT2D eigenvalue weighted by Gasteiger charge is -2.20. The van der Waals surface area contributed by atoms with Gasteiger partial charge in [-0.05, 0) is 36.4 Å². The van der Waals surface area contributed by atoms with Crippen molar-refractivity contribution in [3.05, 3.63) is 94.5 Å². The van der Waals surface area contributed by atoms with Gasteiger partial charge in [-0.1, -0.05) is 22.9 Å². The van der Waals surface area contributed by atoms with Crippen molar-refractivity contribution in [2.45, 2.75) is 0 Å². The van der Waals surface area contributed by atoms with E-state index in [1.54, 1.807) is 19.2 Å². The highest BCUT2D eigenvalue weighted by molar-refractivity contribution is 5.99. The first-order chi connectivity index (χ1) is 14.1. The first-order valence-electron chi connectivity index (χ1n) is 8.93. The Bertz CT molecular complexity index is 1080. The van der Waals surface area contributed by atoms with Gasteiger partial charge in [-0.15, -0.1) is 5.10 Å². The minimum atomic E-state index is -0.427. The van der Waals surface area contributed by atoms with Crippen LogP contribution >= 0.6 is 0 Å². The van der Waals surface area contributed by atoms with Crippen molar-refractivity contribution in [2.24, 2.45) is 10.2 Å². The molecule has 9 heteroatoms. The van der Waals surface area contributed by atoms with E-state index in [1.165, 1.54) is 12.1 Å². The molecule has 0 aliphatic carbocycles. The van der Waals surface area contributed by atoms with Crippen LogP contribution in [0, 0.1) is 10.1 Å². The van der Waals surface area contributed by atoms with Gasteiger partial charge in [0.2, 0.25) is 11.5 Å². The number of ether oxygens (including phenoxy) is 1. The maximum absolute atomic E-state index is 10.9. The molecule has 1 aliphatic rings. The number of methoxy groups -OCH3 is 1. The number of rotatable bonds is 5. The number of halogens is 1. The smallest absolute Gasteiger partial charge is 0.269 e. The van der Waals surface area contributed by atoms with Gasteiger partial charge in [0, 0.05) is 34.9 Å². The van der Waals surface area contributed by atoms with Gasteiger partial charge < -0.3 is 21.7 Å². The Kier molecular flexibility index (Phi) is 6.53. The van der Waals surface area contributed by atoms with Crippen LogP contribution in [-0.2, 0) is 0 Å². The van der Waals surface area contributed by atoms with Gasteiger partial charge in [0.05, 0.1) is 17.7 Å². The van der Waals surface area contributed by atoms with Crippen LogP contribution in [0.5, 0.6) is 5.75 Å². The lowest BCUT2D eigenvalue weighted by molar-refractivity contribution is -0.508. The zero-order chi connectivity index (χ0) is 20.2. The number of azo groups is 2. The van der Waals surface area contributed by atoms with E-state index in [0.29, 0.717) is 18.1 Å². The minimum Gasteiger partial charge on any atom is -1.00 e. The molecule has 0 fully saturated rings. The predicted octanol–water partition coefficient (Wildman–Crippen LogP) is 1.54. The highest BCUT2D eigenvalue weighted by Crippen LogP contribution is 2.25. The second kappa shape index (κ2) is 9.27. The Morgan fingerprint density at radius 2 is 1.67 bits per heavy atom. The van der Waals surface area contributed by atoms with Gasteiger partial charge in [-0.2, -0.15) is 0 Å². The van der Waals surface area contributed by atoms with E-state index in [-0.39, 0.29) is 22.7 Å².